The van der Waals surface area contributed by atoms with Crippen molar-refractivity contribution in [2.45, 2.75) is 25.3 Å². The number of benzene rings is 1. The van der Waals surface area contributed by atoms with E-state index in [9.17, 15) is 14.4 Å². The molecule has 3 rings (SSSR count). The van der Waals surface area contributed by atoms with Crippen LogP contribution >= 0.6 is 0 Å². The first kappa shape index (κ1) is 15.2. The molecule has 0 radical (unpaired) electrons. The molecule has 2 aromatic rings. The number of halogens is 1. The Hall–Kier alpha value is -2.68. The zero-order chi connectivity index (χ0) is 16.4. The van der Waals surface area contributed by atoms with Crippen molar-refractivity contribution in [3.8, 4) is 6.07 Å². The molecule has 1 aliphatic rings. The van der Waals surface area contributed by atoms with Gasteiger partial charge in [0.25, 0.3) is 0 Å². The summed E-state index contributed by atoms with van der Waals surface area (Å²) >= 11 is 0. The fourth-order valence-electron chi connectivity index (χ4n) is 3.12. The Morgan fingerprint density at radius 1 is 1.52 bits per heavy atom. The van der Waals surface area contributed by atoms with E-state index in [1.807, 2.05) is 11.0 Å². The predicted octanol–water partition coefficient (Wildman–Crippen LogP) is 2.67. The molecular formula is C17H17FN4O. The number of Topliss-reactive ketones (excluding diaryl/α,β-unsaturated/α-hetero) is 1. The summed E-state index contributed by atoms with van der Waals surface area (Å²) in [6, 6.07) is 6.55. The van der Waals surface area contributed by atoms with Crippen LogP contribution in [0.5, 0.6) is 0 Å². The molecule has 1 atom stereocenters. The Labute approximate surface area is 133 Å². The minimum absolute atomic E-state index is 0.0170. The summed E-state index contributed by atoms with van der Waals surface area (Å²) in [5.41, 5.74) is 1.21. The molecule has 1 unspecified atom stereocenters. The SMILES string of the molecule is Cn1cc(C(=O)CC2CCCN2c2cccc(F)c2C#N)cn1. The third-order valence-corrected chi connectivity index (χ3v) is 4.24. The van der Waals surface area contributed by atoms with Crippen molar-refractivity contribution in [3.05, 3.63) is 47.5 Å². The Bertz CT molecular complexity index is 777. The van der Waals surface area contributed by atoms with Gasteiger partial charge in [0.05, 0.1) is 17.4 Å². The van der Waals surface area contributed by atoms with Crippen LogP contribution in [0.2, 0.25) is 0 Å². The van der Waals surface area contributed by atoms with Gasteiger partial charge in [0, 0.05) is 32.3 Å². The van der Waals surface area contributed by atoms with Gasteiger partial charge >= 0.3 is 0 Å². The molecule has 0 spiro atoms. The van der Waals surface area contributed by atoms with Crippen LogP contribution in [0, 0.1) is 17.1 Å². The van der Waals surface area contributed by atoms with Crippen LogP contribution in [0.15, 0.2) is 30.6 Å². The lowest BCUT2D eigenvalue weighted by atomic mass is 10.0. The van der Waals surface area contributed by atoms with Gasteiger partial charge in [-0.15, -0.1) is 0 Å². The highest BCUT2D eigenvalue weighted by atomic mass is 19.1. The van der Waals surface area contributed by atoms with Gasteiger partial charge in [-0.25, -0.2) is 4.39 Å². The summed E-state index contributed by atoms with van der Waals surface area (Å²) in [4.78, 5) is 14.4. The molecule has 1 aromatic carbocycles. The first-order valence-corrected chi connectivity index (χ1v) is 7.57. The second-order valence-electron chi connectivity index (χ2n) is 5.77. The number of aromatic nitrogens is 2. The van der Waals surface area contributed by atoms with Crippen LogP contribution in [0.1, 0.15) is 35.2 Å². The number of carbonyl (C=O) groups is 1. The summed E-state index contributed by atoms with van der Waals surface area (Å²) in [7, 11) is 1.77. The van der Waals surface area contributed by atoms with Gasteiger partial charge in [-0.05, 0) is 25.0 Å². The summed E-state index contributed by atoms with van der Waals surface area (Å²) in [6.45, 7) is 0.725. The van der Waals surface area contributed by atoms with E-state index in [0.717, 1.165) is 19.4 Å². The van der Waals surface area contributed by atoms with Crippen LogP contribution in [-0.2, 0) is 7.05 Å². The zero-order valence-corrected chi connectivity index (χ0v) is 12.9. The molecule has 1 aromatic heterocycles. The maximum atomic E-state index is 13.8. The van der Waals surface area contributed by atoms with Gasteiger partial charge in [-0.1, -0.05) is 6.07 Å². The van der Waals surface area contributed by atoms with E-state index < -0.39 is 5.82 Å². The first-order chi connectivity index (χ1) is 11.1. The lowest BCUT2D eigenvalue weighted by Gasteiger charge is -2.27. The van der Waals surface area contributed by atoms with Crippen molar-refractivity contribution < 1.29 is 9.18 Å². The van der Waals surface area contributed by atoms with E-state index in [0.29, 0.717) is 17.7 Å². The van der Waals surface area contributed by atoms with Crippen LogP contribution < -0.4 is 4.90 Å². The molecule has 6 heteroatoms. The Morgan fingerprint density at radius 2 is 2.35 bits per heavy atom. The van der Waals surface area contributed by atoms with Crippen molar-refractivity contribution in [2.75, 3.05) is 11.4 Å². The van der Waals surface area contributed by atoms with Crippen molar-refractivity contribution in [2.24, 2.45) is 7.05 Å². The van der Waals surface area contributed by atoms with E-state index in [2.05, 4.69) is 5.10 Å². The third-order valence-electron chi connectivity index (χ3n) is 4.24. The molecule has 0 bridgehead atoms. The van der Waals surface area contributed by atoms with Crippen molar-refractivity contribution in [1.82, 2.24) is 9.78 Å². The number of carbonyl (C=O) groups excluding carboxylic acids is 1. The van der Waals surface area contributed by atoms with Crippen molar-refractivity contribution >= 4 is 11.5 Å². The molecule has 5 nitrogen and oxygen atoms in total. The highest BCUT2D eigenvalue weighted by molar-refractivity contribution is 5.96. The van der Waals surface area contributed by atoms with E-state index in [-0.39, 0.29) is 17.4 Å². The fraction of sp³-hybridized carbons (Fsp3) is 0.353. The van der Waals surface area contributed by atoms with E-state index in [1.165, 1.54) is 6.07 Å². The summed E-state index contributed by atoms with van der Waals surface area (Å²) < 4.78 is 15.4. The predicted molar refractivity (Wildman–Crippen MR) is 83.6 cm³/mol. The monoisotopic (exact) mass is 312 g/mol. The molecule has 118 valence electrons. The van der Waals surface area contributed by atoms with Gasteiger partial charge < -0.3 is 4.90 Å². The highest BCUT2D eigenvalue weighted by Crippen LogP contribution is 2.31. The molecule has 2 heterocycles. The van der Waals surface area contributed by atoms with E-state index >= 15 is 0 Å². The molecular weight excluding hydrogens is 295 g/mol. The number of hydrogen-bond donors (Lipinski definition) is 0. The number of nitrogens with zero attached hydrogens (tertiary/aromatic N) is 4. The van der Waals surface area contributed by atoms with Crippen LogP contribution in [0.3, 0.4) is 0 Å². The molecule has 23 heavy (non-hydrogen) atoms. The molecule has 1 aliphatic heterocycles. The van der Waals surface area contributed by atoms with Crippen LogP contribution in [0.25, 0.3) is 0 Å². The lowest BCUT2D eigenvalue weighted by Crippen LogP contribution is -2.32. The zero-order valence-electron chi connectivity index (χ0n) is 12.9. The number of ketones is 1. The van der Waals surface area contributed by atoms with E-state index in [4.69, 9.17) is 0 Å². The summed E-state index contributed by atoms with van der Waals surface area (Å²) in [5, 5.41) is 13.2. The average Bonchev–Trinajstić information content (AvgIpc) is 3.16. The standard InChI is InChI=1S/C17H17FN4O/c1-21-11-12(10-20-21)17(23)8-13-4-3-7-22(13)16-6-2-5-15(18)14(16)9-19/h2,5-6,10-11,13H,3-4,7-8H2,1H3. The quantitative estimate of drug-likeness (QED) is 0.814. The molecule has 0 N–H and O–H groups in total. The molecule has 0 saturated carbocycles. The van der Waals surface area contributed by atoms with Gasteiger partial charge in [0.1, 0.15) is 17.4 Å². The normalized spacial score (nSPS) is 17.3. The number of nitriles is 1. The second-order valence-corrected chi connectivity index (χ2v) is 5.77. The third kappa shape index (κ3) is 2.95. The Kier molecular flexibility index (Phi) is 4.11. The minimum Gasteiger partial charge on any atom is -0.367 e. The van der Waals surface area contributed by atoms with Crippen molar-refractivity contribution in [3.63, 3.8) is 0 Å². The average molecular weight is 312 g/mol. The van der Waals surface area contributed by atoms with Gasteiger partial charge in [0.2, 0.25) is 0 Å². The smallest absolute Gasteiger partial charge is 0.168 e. The fourth-order valence-corrected chi connectivity index (χ4v) is 3.12. The molecule has 0 aliphatic carbocycles. The molecule has 1 saturated heterocycles. The van der Waals surface area contributed by atoms with E-state index in [1.54, 1.807) is 36.3 Å². The molecule has 0 amide bonds. The lowest BCUT2D eigenvalue weighted by molar-refractivity contribution is 0.0974. The topological polar surface area (TPSA) is 61.9 Å². The Balaban J connectivity index is 1.83. The largest absolute Gasteiger partial charge is 0.367 e. The number of aryl methyl sites for hydroxylation is 1. The van der Waals surface area contributed by atoms with Gasteiger partial charge in [-0.2, -0.15) is 10.4 Å². The molecule has 1 fully saturated rings. The number of hydrogen-bond acceptors (Lipinski definition) is 4. The maximum absolute atomic E-state index is 13.8. The summed E-state index contributed by atoms with van der Waals surface area (Å²) in [6.07, 6.45) is 5.38. The minimum atomic E-state index is -0.519. The van der Waals surface area contributed by atoms with Gasteiger partial charge in [-0.3, -0.25) is 9.48 Å². The van der Waals surface area contributed by atoms with Crippen LogP contribution in [0.4, 0.5) is 10.1 Å². The van der Waals surface area contributed by atoms with Gasteiger partial charge in [0.15, 0.2) is 5.78 Å². The number of anilines is 1. The van der Waals surface area contributed by atoms with Crippen molar-refractivity contribution in [1.29, 1.82) is 5.26 Å². The summed E-state index contributed by atoms with van der Waals surface area (Å²) in [5.74, 6) is -0.501. The number of rotatable bonds is 4. The highest BCUT2D eigenvalue weighted by Gasteiger charge is 2.29. The maximum Gasteiger partial charge on any atom is 0.168 e. The second kappa shape index (κ2) is 6.21. The first-order valence-electron chi connectivity index (χ1n) is 7.57. The Morgan fingerprint density at radius 3 is 3.04 bits per heavy atom. The van der Waals surface area contributed by atoms with Crippen LogP contribution in [-0.4, -0.2) is 28.2 Å².